The number of nitrogens with zero attached hydrogens (tertiary/aromatic N) is 2. The van der Waals surface area contributed by atoms with Crippen molar-refractivity contribution < 1.29 is 4.74 Å². The zero-order valence-electron chi connectivity index (χ0n) is 8.70. The monoisotopic (exact) mass is 324 g/mol. The Morgan fingerprint density at radius 1 is 1.47 bits per heavy atom. The van der Waals surface area contributed by atoms with Gasteiger partial charge in [0.15, 0.2) is 0 Å². The van der Waals surface area contributed by atoms with E-state index in [4.69, 9.17) is 4.74 Å². The maximum absolute atomic E-state index is 11.7. The molecular weight excluding hydrogens is 311 g/mol. The maximum Gasteiger partial charge on any atom is 0.331 e. The van der Waals surface area contributed by atoms with Crippen LogP contribution in [0.4, 0.5) is 0 Å². The van der Waals surface area contributed by atoms with Crippen molar-refractivity contribution in [3.63, 3.8) is 0 Å². The highest BCUT2D eigenvalue weighted by Crippen LogP contribution is 1.94. The topological polar surface area (TPSA) is 53.2 Å². The van der Waals surface area contributed by atoms with Crippen LogP contribution in [0.3, 0.4) is 0 Å². The minimum Gasteiger partial charge on any atom is -0.383 e. The largest absolute Gasteiger partial charge is 0.383 e. The van der Waals surface area contributed by atoms with Crippen molar-refractivity contribution in [2.45, 2.75) is 20.0 Å². The second-order valence-electron chi connectivity index (χ2n) is 3.00. The molecule has 0 bridgehead atoms. The summed E-state index contributed by atoms with van der Waals surface area (Å²) in [6, 6.07) is 0. The minimum atomic E-state index is -0.278. The highest BCUT2D eigenvalue weighted by molar-refractivity contribution is 14.1. The zero-order chi connectivity index (χ0) is 11.4. The van der Waals surface area contributed by atoms with Crippen LogP contribution in [0.5, 0.6) is 0 Å². The number of hydrogen-bond acceptors (Lipinski definition) is 3. The summed E-state index contributed by atoms with van der Waals surface area (Å²) < 4.78 is 8.12. The van der Waals surface area contributed by atoms with Crippen molar-refractivity contribution in [2.75, 3.05) is 13.7 Å². The summed E-state index contributed by atoms with van der Waals surface area (Å²) in [6.45, 7) is 3.08. The first-order valence-corrected chi connectivity index (χ1v) is 5.68. The molecule has 0 saturated heterocycles. The van der Waals surface area contributed by atoms with Crippen LogP contribution in [-0.4, -0.2) is 22.9 Å². The lowest BCUT2D eigenvalue weighted by Gasteiger charge is -2.08. The first kappa shape index (κ1) is 12.4. The molecule has 0 aliphatic carbocycles. The fraction of sp³-hybridized carbons (Fsp3) is 0.556. The molecule has 84 valence electrons. The molecule has 0 atom stereocenters. The molecule has 1 aromatic heterocycles. The summed E-state index contributed by atoms with van der Waals surface area (Å²) in [5.41, 5.74) is -0.526. The van der Waals surface area contributed by atoms with Gasteiger partial charge in [0.25, 0.3) is 5.56 Å². The van der Waals surface area contributed by atoms with Crippen molar-refractivity contribution in [1.29, 1.82) is 0 Å². The molecule has 1 aromatic rings. The van der Waals surface area contributed by atoms with Gasteiger partial charge in [-0.05, 0) is 29.5 Å². The summed E-state index contributed by atoms with van der Waals surface area (Å²) in [5, 5.41) is 0. The summed E-state index contributed by atoms with van der Waals surface area (Å²) in [6.07, 6.45) is 1.58. The van der Waals surface area contributed by atoms with Gasteiger partial charge in [-0.3, -0.25) is 13.9 Å². The molecular formula is C9H13IN2O3. The summed E-state index contributed by atoms with van der Waals surface area (Å²) in [5.74, 6) is 0. The highest BCUT2D eigenvalue weighted by atomic mass is 127. The quantitative estimate of drug-likeness (QED) is 0.748. The SMILES string of the molecule is CCn1cc(I)c(=O)n(CCOC)c1=O. The maximum atomic E-state index is 11.7. The molecule has 0 aliphatic rings. The van der Waals surface area contributed by atoms with Crippen molar-refractivity contribution in [3.05, 3.63) is 30.6 Å². The Morgan fingerprint density at radius 2 is 2.13 bits per heavy atom. The second kappa shape index (κ2) is 5.45. The Hall–Kier alpha value is -0.630. The Kier molecular flexibility index (Phi) is 4.52. The molecule has 0 fully saturated rings. The molecule has 0 radical (unpaired) electrons. The van der Waals surface area contributed by atoms with Crippen molar-refractivity contribution in [2.24, 2.45) is 0 Å². The third kappa shape index (κ3) is 2.69. The lowest BCUT2D eigenvalue weighted by Crippen LogP contribution is -2.41. The van der Waals surface area contributed by atoms with Gasteiger partial charge in [-0.2, -0.15) is 0 Å². The van der Waals surface area contributed by atoms with E-state index in [1.807, 2.05) is 29.5 Å². The number of methoxy groups -OCH3 is 1. The fourth-order valence-electron chi connectivity index (χ4n) is 1.22. The van der Waals surface area contributed by atoms with Gasteiger partial charge in [0, 0.05) is 19.9 Å². The van der Waals surface area contributed by atoms with E-state index in [1.54, 1.807) is 6.20 Å². The van der Waals surface area contributed by atoms with E-state index in [1.165, 1.54) is 16.2 Å². The van der Waals surface area contributed by atoms with E-state index in [9.17, 15) is 9.59 Å². The third-order valence-electron chi connectivity index (χ3n) is 2.05. The van der Waals surface area contributed by atoms with Gasteiger partial charge in [0.1, 0.15) is 0 Å². The number of ether oxygens (including phenoxy) is 1. The van der Waals surface area contributed by atoms with Crippen LogP contribution < -0.4 is 11.2 Å². The van der Waals surface area contributed by atoms with Gasteiger partial charge < -0.3 is 4.74 Å². The molecule has 0 aromatic carbocycles. The molecule has 1 heterocycles. The molecule has 6 heteroatoms. The fourth-order valence-corrected chi connectivity index (χ4v) is 1.85. The molecule has 15 heavy (non-hydrogen) atoms. The van der Waals surface area contributed by atoms with Crippen LogP contribution >= 0.6 is 22.6 Å². The predicted octanol–water partition coefficient (Wildman–Crippen LogP) is 0.281. The molecule has 0 unspecified atom stereocenters. The van der Waals surface area contributed by atoms with E-state index in [-0.39, 0.29) is 11.2 Å². The predicted molar refractivity (Wildman–Crippen MR) is 65.2 cm³/mol. The van der Waals surface area contributed by atoms with Crippen LogP contribution in [0.2, 0.25) is 0 Å². The molecule has 5 nitrogen and oxygen atoms in total. The average Bonchev–Trinajstić information content (AvgIpc) is 2.23. The molecule has 0 saturated carbocycles. The van der Waals surface area contributed by atoms with Gasteiger partial charge in [0.2, 0.25) is 0 Å². The van der Waals surface area contributed by atoms with E-state index >= 15 is 0 Å². The standard InChI is InChI=1S/C9H13IN2O3/c1-3-11-6-7(10)8(13)12(9(11)14)4-5-15-2/h6H,3-5H2,1-2H3. The third-order valence-corrected chi connectivity index (χ3v) is 2.79. The molecule has 0 amide bonds. The molecule has 0 spiro atoms. The highest BCUT2D eigenvalue weighted by Gasteiger charge is 2.07. The smallest absolute Gasteiger partial charge is 0.331 e. The van der Waals surface area contributed by atoms with E-state index in [0.717, 1.165) is 0 Å². The normalized spacial score (nSPS) is 10.6. The van der Waals surface area contributed by atoms with Gasteiger partial charge in [-0.25, -0.2) is 4.79 Å². The van der Waals surface area contributed by atoms with Crippen LogP contribution in [0, 0.1) is 3.57 Å². The van der Waals surface area contributed by atoms with Crippen LogP contribution in [0.15, 0.2) is 15.8 Å². The second-order valence-corrected chi connectivity index (χ2v) is 4.16. The van der Waals surface area contributed by atoms with Gasteiger partial charge in [-0.15, -0.1) is 0 Å². The Bertz CT molecular complexity index is 450. The lowest BCUT2D eigenvalue weighted by atomic mass is 10.5. The van der Waals surface area contributed by atoms with Crippen molar-refractivity contribution in [1.82, 2.24) is 9.13 Å². The van der Waals surface area contributed by atoms with E-state index < -0.39 is 0 Å². The summed E-state index contributed by atoms with van der Waals surface area (Å²) in [4.78, 5) is 23.4. The van der Waals surface area contributed by atoms with E-state index in [0.29, 0.717) is 23.3 Å². The number of rotatable bonds is 4. The minimum absolute atomic E-state index is 0.248. The number of halogens is 1. The van der Waals surface area contributed by atoms with Crippen molar-refractivity contribution in [3.8, 4) is 0 Å². The molecule has 0 N–H and O–H groups in total. The van der Waals surface area contributed by atoms with Crippen LogP contribution in [-0.2, 0) is 17.8 Å². The van der Waals surface area contributed by atoms with Gasteiger partial charge in [-0.1, -0.05) is 0 Å². The van der Waals surface area contributed by atoms with Gasteiger partial charge in [0.05, 0.1) is 16.7 Å². The molecule has 0 aliphatic heterocycles. The van der Waals surface area contributed by atoms with Crippen LogP contribution in [0.1, 0.15) is 6.92 Å². The number of hydrogen-bond donors (Lipinski definition) is 0. The number of aromatic nitrogens is 2. The number of aryl methyl sites for hydroxylation is 1. The Balaban J connectivity index is 3.28. The first-order valence-electron chi connectivity index (χ1n) is 4.60. The lowest BCUT2D eigenvalue weighted by molar-refractivity contribution is 0.184. The van der Waals surface area contributed by atoms with E-state index in [2.05, 4.69) is 0 Å². The Morgan fingerprint density at radius 3 is 2.67 bits per heavy atom. The van der Waals surface area contributed by atoms with Gasteiger partial charge >= 0.3 is 5.69 Å². The Labute approximate surface area is 101 Å². The summed E-state index contributed by atoms with van der Waals surface area (Å²) >= 11 is 1.93. The van der Waals surface area contributed by atoms with Crippen molar-refractivity contribution >= 4 is 22.6 Å². The first-order chi connectivity index (χ1) is 7.11. The molecule has 1 rings (SSSR count). The zero-order valence-corrected chi connectivity index (χ0v) is 10.9. The van der Waals surface area contributed by atoms with Crippen LogP contribution in [0.25, 0.3) is 0 Å². The average molecular weight is 324 g/mol. The summed E-state index contributed by atoms with van der Waals surface area (Å²) in [7, 11) is 1.54.